The molecule has 3 nitrogen and oxygen atoms in total. The van der Waals surface area contributed by atoms with Crippen LogP contribution in [0.15, 0.2) is 34.1 Å². The monoisotopic (exact) mass is 307 g/mol. The van der Waals surface area contributed by atoms with E-state index in [0.29, 0.717) is 12.0 Å². The Bertz CT molecular complexity index is 494. The molecule has 1 unspecified atom stereocenters. The standard InChI is InChI=1S/C15H21N3S2/c1-4-16-14(9-19-15-18-17-10-20-15)13-7-5-12(6-8-13)11(2)3/h5-8,10-11,14,16H,4,9H2,1-3H3. The maximum atomic E-state index is 4.08. The Morgan fingerprint density at radius 3 is 2.45 bits per heavy atom. The van der Waals surface area contributed by atoms with Gasteiger partial charge in [-0.05, 0) is 23.6 Å². The van der Waals surface area contributed by atoms with E-state index in [0.717, 1.165) is 16.6 Å². The minimum atomic E-state index is 0.357. The smallest absolute Gasteiger partial charge is 0.174 e. The number of hydrogen-bond acceptors (Lipinski definition) is 5. The quantitative estimate of drug-likeness (QED) is 0.781. The second-order valence-corrected chi connectivity index (χ2v) is 7.05. The lowest BCUT2D eigenvalue weighted by Gasteiger charge is -2.18. The fraction of sp³-hybridized carbons (Fsp3) is 0.467. The number of rotatable bonds is 7. The molecule has 1 aromatic heterocycles. The predicted octanol–water partition coefficient (Wildman–Crippen LogP) is 4.10. The fourth-order valence-corrected chi connectivity index (χ4v) is 3.62. The minimum Gasteiger partial charge on any atom is -0.309 e. The van der Waals surface area contributed by atoms with E-state index in [1.165, 1.54) is 11.1 Å². The number of nitrogens with one attached hydrogen (secondary N) is 1. The first-order valence-electron chi connectivity index (χ1n) is 6.93. The largest absolute Gasteiger partial charge is 0.309 e. The van der Waals surface area contributed by atoms with Crippen molar-refractivity contribution >= 4 is 23.1 Å². The second kappa shape index (κ2) is 7.76. The van der Waals surface area contributed by atoms with E-state index >= 15 is 0 Å². The first-order chi connectivity index (χ1) is 9.70. The van der Waals surface area contributed by atoms with Crippen molar-refractivity contribution in [1.82, 2.24) is 15.5 Å². The summed E-state index contributed by atoms with van der Waals surface area (Å²) in [6, 6.07) is 9.31. The van der Waals surface area contributed by atoms with Gasteiger partial charge < -0.3 is 5.32 Å². The molecule has 5 heteroatoms. The van der Waals surface area contributed by atoms with Crippen LogP contribution in [0.1, 0.15) is 43.9 Å². The van der Waals surface area contributed by atoms with Crippen LogP contribution in [0.3, 0.4) is 0 Å². The van der Waals surface area contributed by atoms with Gasteiger partial charge in [-0.1, -0.05) is 68.1 Å². The lowest BCUT2D eigenvalue weighted by atomic mass is 9.99. The van der Waals surface area contributed by atoms with Gasteiger partial charge >= 0.3 is 0 Å². The van der Waals surface area contributed by atoms with Crippen molar-refractivity contribution in [3.63, 3.8) is 0 Å². The Balaban J connectivity index is 2.03. The van der Waals surface area contributed by atoms with Crippen molar-refractivity contribution in [1.29, 1.82) is 0 Å². The predicted molar refractivity (Wildman–Crippen MR) is 87.6 cm³/mol. The van der Waals surface area contributed by atoms with Gasteiger partial charge in [0.05, 0.1) is 0 Å². The van der Waals surface area contributed by atoms with Crippen LogP contribution in [0.5, 0.6) is 0 Å². The molecule has 0 amide bonds. The zero-order chi connectivity index (χ0) is 14.4. The van der Waals surface area contributed by atoms with Gasteiger partial charge in [0, 0.05) is 11.8 Å². The molecule has 0 bridgehead atoms. The Labute approximate surface area is 129 Å². The SMILES string of the molecule is CCNC(CSc1nncs1)c1ccc(C(C)C)cc1. The Morgan fingerprint density at radius 1 is 1.20 bits per heavy atom. The van der Waals surface area contributed by atoms with Gasteiger partial charge in [-0.15, -0.1) is 10.2 Å². The zero-order valence-corrected chi connectivity index (χ0v) is 13.8. The molecule has 0 radical (unpaired) electrons. The van der Waals surface area contributed by atoms with Crippen LogP contribution < -0.4 is 5.32 Å². The average Bonchev–Trinajstić information content (AvgIpc) is 2.97. The molecule has 2 aromatic rings. The van der Waals surface area contributed by atoms with E-state index in [4.69, 9.17) is 0 Å². The third kappa shape index (κ3) is 4.30. The summed E-state index contributed by atoms with van der Waals surface area (Å²) < 4.78 is 1.03. The van der Waals surface area contributed by atoms with Crippen LogP contribution in [-0.2, 0) is 0 Å². The summed E-state index contributed by atoms with van der Waals surface area (Å²) in [4.78, 5) is 0. The third-order valence-electron chi connectivity index (χ3n) is 3.17. The Hall–Kier alpha value is -0.910. The van der Waals surface area contributed by atoms with E-state index < -0.39 is 0 Å². The normalized spacial score (nSPS) is 12.8. The lowest BCUT2D eigenvalue weighted by molar-refractivity contribution is 0.605. The van der Waals surface area contributed by atoms with Gasteiger partial charge in [-0.2, -0.15) is 0 Å². The van der Waals surface area contributed by atoms with Crippen molar-refractivity contribution in [2.75, 3.05) is 12.3 Å². The van der Waals surface area contributed by atoms with Gasteiger partial charge in [0.2, 0.25) is 0 Å². The van der Waals surface area contributed by atoms with Gasteiger partial charge in [0.15, 0.2) is 4.34 Å². The van der Waals surface area contributed by atoms with Gasteiger partial charge in [0.1, 0.15) is 5.51 Å². The molecule has 1 heterocycles. The minimum absolute atomic E-state index is 0.357. The third-order valence-corrected chi connectivity index (χ3v) is 5.12. The van der Waals surface area contributed by atoms with Crippen LogP contribution in [0.4, 0.5) is 0 Å². The number of aromatic nitrogens is 2. The molecule has 2 rings (SSSR count). The maximum absolute atomic E-state index is 4.08. The molecule has 0 aliphatic heterocycles. The molecule has 20 heavy (non-hydrogen) atoms. The summed E-state index contributed by atoms with van der Waals surface area (Å²) in [5.41, 5.74) is 4.51. The molecule has 0 saturated carbocycles. The summed E-state index contributed by atoms with van der Waals surface area (Å²) >= 11 is 3.36. The highest BCUT2D eigenvalue weighted by Gasteiger charge is 2.12. The average molecular weight is 307 g/mol. The molecular formula is C15H21N3S2. The molecule has 1 N–H and O–H groups in total. The fourth-order valence-electron chi connectivity index (χ4n) is 2.01. The van der Waals surface area contributed by atoms with Gasteiger partial charge in [0.25, 0.3) is 0 Å². The van der Waals surface area contributed by atoms with Crippen LogP contribution in [0, 0.1) is 0 Å². The molecule has 0 aliphatic carbocycles. The molecule has 1 atom stereocenters. The van der Waals surface area contributed by atoms with Crippen molar-refractivity contribution in [3.8, 4) is 0 Å². The second-order valence-electron chi connectivity index (χ2n) is 4.95. The van der Waals surface area contributed by atoms with Crippen molar-refractivity contribution in [2.24, 2.45) is 0 Å². The van der Waals surface area contributed by atoms with Crippen molar-refractivity contribution in [2.45, 2.75) is 37.1 Å². The Kier molecular flexibility index (Phi) is 6.01. The number of benzene rings is 1. The lowest BCUT2D eigenvalue weighted by Crippen LogP contribution is -2.22. The summed E-state index contributed by atoms with van der Waals surface area (Å²) in [6.45, 7) is 7.56. The summed E-state index contributed by atoms with van der Waals surface area (Å²) in [5, 5.41) is 11.5. The molecule has 0 fully saturated rings. The van der Waals surface area contributed by atoms with E-state index in [2.05, 4.69) is 60.6 Å². The van der Waals surface area contributed by atoms with Crippen LogP contribution in [-0.4, -0.2) is 22.5 Å². The summed E-state index contributed by atoms with van der Waals surface area (Å²) in [5.74, 6) is 1.56. The zero-order valence-electron chi connectivity index (χ0n) is 12.2. The maximum Gasteiger partial charge on any atom is 0.174 e. The first-order valence-corrected chi connectivity index (χ1v) is 8.79. The first kappa shape index (κ1) is 15.5. The van der Waals surface area contributed by atoms with Gasteiger partial charge in [-0.25, -0.2) is 0 Å². The number of hydrogen-bond donors (Lipinski definition) is 1. The van der Waals surface area contributed by atoms with E-state index in [-0.39, 0.29) is 0 Å². The highest BCUT2D eigenvalue weighted by atomic mass is 32.2. The van der Waals surface area contributed by atoms with Crippen LogP contribution in [0.2, 0.25) is 0 Å². The highest BCUT2D eigenvalue weighted by molar-refractivity contribution is 8.01. The molecule has 0 spiro atoms. The van der Waals surface area contributed by atoms with E-state index in [1.54, 1.807) is 28.6 Å². The number of thioether (sulfide) groups is 1. The molecule has 0 aliphatic rings. The van der Waals surface area contributed by atoms with Crippen molar-refractivity contribution in [3.05, 3.63) is 40.9 Å². The van der Waals surface area contributed by atoms with E-state index in [1.807, 2.05) is 0 Å². The van der Waals surface area contributed by atoms with Gasteiger partial charge in [-0.3, -0.25) is 0 Å². The molecule has 0 saturated heterocycles. The van der Waals surface area contributed by atoms with E-state index in [9.17, 15) is 0 Å². The number of nitrogens with zero attached hydrogens (tertiary/aromatic N) is 2. The summed E-state index contributed by atoms with van der Waals surface area (Å²) in [7, 11) is 0. The van der Waals surface area contributed by atoms with Crippen LogP contribution >= 0.6 is 23.1 Å². The highest BCUT2D eigenvalue weighted by Crippen LogP contribution is 2.26. The Morgan fingerprint density at radius 2 is 1.90 bits per heavy atom. The molecular weight excluding hydrogens is 286 g/mol. The molecule has 108 valence electrons. The topological polar surface area (TPSA) is 37.8 Å². The summed E-state index contributed by atoms with van der Waals surface area (Å²) in [6.07, 6.45) is 0. The van der Waals surface area contributed by atoms with Crippen LogP contribution in [0.25, 0.3) is 0 Å². The molecule has 1 aromatic carbocycles. The van der Waals surface area contributed by atoms with Crippen molar-refractivity contribution < 1.29 is 0 Å².